The summed E-state index contributed by atoms with van der Waals surface area (Å²) in [4.78, 5) is 75.2. The molecule has 2 saturated carbocycles. The molecule has 3 aliphatic rings. The summed E-state index contributed by atoms with van der Waals surface area (Å²) >= 11 is 0. The fraction of sp³-hybridized carbons (Fsp3) is 0.347. The van der Waals surface area contributed by atoms with E-state index in [-0.39, 0.29) is 47.4 Å². The van der Waals surface area contributed by atoms with Gasteiger partial charge in [0.2, 0.25) is 23.6 Å². The summed E-state index contributed by atoms with van der Waals surface area (Å²) in [7, 11) is 0. The van der Waals surface area contributed by atoms with Crippen molar-refractivity contribution in [3.8, 4) is 22.4 Å². The lowest BCUT2D eigenvalue weighted by Gasteiger charge is -2.28. The third kappa shape index (κ3) is 10.4. The van der Waals surface area contributed by atoms with Gasteiger partial charge < -0.3 is 31.2 Å². The average molecular weight is 820 g/mol. The van der Waals surface area contributed by atoms with Crippen molar-refractivity contribution in [3.63, 3.8) is 0 Å². The Balaban J connectivity index is 0.789. The number of rotatable bonds is 18. The number of aromatic amines is 1. The van der Waals surface area contributed by atoms with E-state index in [1.807, 2.05) is 114 Å². The molecule has 5 amide bonds. The third-order valence-corrected chi connectivity index (χ3v) is 11.8. The quantitative estimate of drug-likeness (QED) is 0.0600. The van der Waals surface area contributed by atoms with Crippen LogP contribution in [0.2, 0.25) is 0 Å². The third-order valence-electron chi connectivity index (χ3n) is 11.8. The number of amides is 5. The molecule has 0 unspecified atom stereocenters. The molecular formula is C49H53N7O5. The van der Waals surface area contributed by atoms with Gasteiger partial charge in [0, 0.05) is 37.0 Å². The number of benzene rings is 4. The van der Waals surface area contributed by atoms with Crippen LogP contribution in [-0.2, 0) is 19.2 Å². The van der Waals surface area contributed by atoms with E-state index in [1.165, 1.54) is 0 Å². The number of carbonyl (C=O) groups is 5. The predicted molar refractivity (Wildman–Crippen MR) is 232 cm³/mol. The molecular weight excluding hydrogens is 767 g/mol. The maximum atomic E-state index is 14.0. The minimum Gasteiger partial charge on any atom is -0.354 e. The van der Waals surface area contributed by atoms with Crippen molar-refractivity contribution in [2.75, 3.05) is 19.6 Å². The van der Waals surface area contributed by atoms with Gasteiger partial charge in [0.05, 0.1) is 17.9 Å². The van der Waals surface area contributed by atoms with Crippen LogP contribution in [0.3, 0.4) is 0 Å². The maximum Gasteiger partial charge on any atom is 0.251 e. The summed E-state index contributed by atoms with van der Waals surface area (Å²) < 4.78 is 0. The lowest BCUT2D eigenvalue weighted by molar-refractivity contribution is -0.137. The van der Waals surface area contributed by atoms with E-state index in [4.69, 9.17) is 4.98 Å². The molecule has 3 fully saturated rings. The van der Waals surface area contributed by atoms with E-state index in [2.05, 4.69) is 26.3 Å². The molecule has 2 aliphatic carbocycles. The first-order valence-electron chi connectivity index (χ1n) is 21.6. The minimum absolute atomic E-state index is 0.00349. The van der Waals surface area contributed by atoms with Crippen LogP contribution in [0.15, 0.2) is 115 Å². The zero-order valence-corrected chi connectivity index (χ0v) is 34.3. The fourth-order valence-corrected chi connectivity index (χ4v) is 7.92. The van der Waals surface area contributed by atoms with Crippen molar-refractivity contribution < 1.29 is 24.0 Å². The van der Waals surface area contributed by atoms with Gasteiger partial charge in [0.15, 0.2) is 0 Å². The number of hydrogen-bond acceptors (Lipinski definition) is 6. The highest BCUT2D eigenvalue weighted by atomic mass is 16.2. The van der Waals surface area contributed by atoms with Crippen molar-refractivity contribution in [1.82, 2.24) is 36.1 Å². The molecule has 0 spiro atoms. The lowest BCUT2D eigenvalue weighted by Crippen LogP contribution is -2.43. The standard InChI is InChI=1S/C49H53N7O5/c57-45(50-28-8-3-9-29-51-48(60)42(35-11-4-1-5-12-35)54-46(58)38-24-25-38)37-22-18-33(19-23-37)32-16-20-34(21-17-32)40-31-52-44(53-40)41-15-10-30-56(41)49(61)43(36-13-6-2-7-14-36)55-47(59)39-26-27-39/h1-2,4-7,11-14,16-23,31,38-39,41-43H,3,8-10,15,24-30H2,(H,50,57)(H,51,60)(H,52,53)(H,54,58)(H,55,59)/t41-,42+,43+/m0/s1. The van der Waals surface area contributed by atoms with Crippen LogP contribution in [-0.4, -0.2) is 64.0 Å². The topological polar surface area (TPSA) is 165 Å². The Labute approximate surface area is 356 Å². The number of imidazole rings is 1. The van der Waals surface area contributed by atoms with E-state index in [1.54, 1.807) is 6.20 Å². The largest absolute Gasteiger partial charge is 0.354 e. The van der Waals surface area contributed by atoms with Gasteiger partial charge in [-0.05, 0) is 97.7 Å². The van der Waals surface area contributed by atoms with Crippen molar-refractivity contribution in [1.29, 1.82) is 0 Å². The second-order valence-electron chi connectivity index (χ2n) is 16.4. The number of hydrogen-bond donors (Lipinski definition) is 5. The second-order valence-corrected chi connectivity index (χ2v) is 16.4. The molecule has 3 atom stereocenters. The molecule has 0 radical (unpaired) electrons. The molecule has 1 saturated heterocycles. The number of nitrogens with zero attached hydrogens (tertiary/aromatic N) is 2. The number of H-pyrrole nitrogens is 1. The van der Waals surface area contributed by atoms with Crippen molar-refractivity contribution in [3.05, 3.63) is 138 Å². The van der Waals surface area contributed by atoms with Gasteiger partial charge in [0.1, 0.15) is 17.9 Å². The molecule has 1 aliphatic heterocycles. The number of likely N-dealkylation sites (tertiary alicyclic amines) is 1. The first-order valence-corrected chi connectivity index (χ1v) is 21.6. The molecule has 314 valence electrons. The predicted octanol–water partition coefficient (Wildman–Crippen LogP) is 6.96. The molecule has 4 aromatic carbocycles. The van der Waals surface area contributed by atoms with Gasteiger partial charge in [-0.25, -0.2) is 4.98 Å². The summed E-state index contributed by atoms with van der Waals surface area (Å²) in [5, 5.41) is 11.9. The summed E-state index contributed by atoms with van der Waals surface area (Å²) in [6.07, 6.45) is 9.28. The number of nitrogens with one attached hydrogen (secondary N) is 5. The summed E-state index contributed by atoms with van der Waals surface area (Å²) in [6.45, 7) is 1.61. The van der Waals surface area contributed by atoms with Crippen LogP contribution in [0.1, 0.15) is 103 Å². The van der Waals surface area contributed by atoms with E-state index < -0.39 is 12.1 Å². The van der Waals surface area contributed by atoms with Crippen molar-refractivity contribution in [2.24, 2.45) is 11.8 Å². The van der Waals surface area contributed by atoms with E-state index in [9.17, 15) is 24.0 Å². The van der Waals surface area contributed by atoms with Crippen molar-refractivity contribution >= 4 is 29.5 Å². The molecule has 12 nitrogen and oxygen atoms in total. The van der Waals surface area contributed by atoms with E-state index in [0.717, 1.165) is 97.1 Å². The molecule has 2 heterocycles. The van der Waals surface area contributed by atoms with Crippen molar-refractivity contribution in [2.45, 2.75) is 75.9 Å². The van der Waals surface area contributed by atoms with Gasteiger partial charge >= 0.3 is 0 Å². The minimum atomic E-state index is -0.737. The summed E-state index contributed by atoms with van der Waals surface area (Å²) in [6, 6.07) is 32.8. The van der Waals surface area contributed by atoms with Crippen LogP contribution in [0.4, 0.5) is 0 Å². The zero-order valence-electron chi connectivity index (χ0n) is 34.3. The normalized spacial score (nSPS) is 16.9. The number of unbranched alkanes of at least 4 members (excludes halogenated alkanes) is 2. The fourth-order valence-electron chi connectivity index (χ4n) is 7.92. The molecule has 0 bridgehead atoms. The van der Waals surface area contributed by atoms with Gasteiger partial charge in [-0.15, -0.1) is 0 Å². The molecule has 1 aromatic heterocycles. The highest BCUT2D eigenvalue weighted by molar-refractivity contribution is 5.95. The number of aromatic nitrogens is 2. The highest BCUT2D eigenvalue weighted by Crippen LogP contribution is 2.36. The molecule has 61 heavy (non-hydrogen) atoms. The number of carbonyl (C=O) groups excluding carboxylic acids is 5. The lowest BCUT2D eigenvalue weighted by atomic mass is 10.0. The highest BCUT2D eigenvalue weighted by Gasteiger charge is 2.39. The van der Waals surface area contributed by atoms with Gasteiger partial charge in [0.25, 0.3) is 5.91 Å². The maximum absolute atomic E-state index is 14.0. The van der Waals surface area contributed by atoms with Gasteiger partial charge in [-0.2, -0.15) is 0 Å². The zero-order chi connectivity index (χ0) is 42.1. The Bertz CT molecular complexity index is 2300. The Morgan fingerprint density at radius 2 is 1.16 bits per heavy atom. The summed E-state index contributed by atoms with van der Waals surface area (Å²) in [5.41, 5.74) is 5.93. The van der Waals surface area contributed by atoms with E-state index >= 15 is 0 Å². The molecule has 12 heteroatoms. The smallest absolute Gasteiger partial charge is 0.251 e. The Morgan fingerprint density at radius 1 is 0.623 bits per heavy atom. The van der Waals surface area contributed by atoms with Crippen LogP contribution in [0.5, 0.6) is 0 Å². The molecule has 5 N–H and O–H groups in total. The molecule has 8 rings (SSSR count). The Hall–Kier alpha value is -6.56. The van der Waals surface area contributed by atoms with Crippen LogP contribution < -0.4 is 21.3 Å². The monoisotopic (exact) mass is 819 g/mol. The first-order chi connectivity index (χ1) is 29.8. The Kier molecular flexibility index (Phi) is 13.0. The second kappa shape index (κ2) is 19.2. The first kappa shape index (κ1) is 41.2. The van der Waals surface area contributed by atoms with Crippen LogP contribution in [0.25, 0.3) is 22.4 Å². The summed E-state index contributed by atoms with van der Waals surface area (Å²) in [5.74, 6) is 0.141. The Morgan fingerprint density at radius 3 is 1.77 bits per heavy atom. The van der Waals surface area contributed by atoms with Gasteiger partial charge in [-0.1, -0.05) is 97.1 Å². The SMILES string of the molecule is O=C(NCCCCCNC(=O)[C@H](NC(=O)C1CC1)c1ccccc1)c1ccc(-c2ccc(-c3cnc([C@@H]4CCCN4C(=O)[C@H](NC(=O)C4CC4)c4ccccc4)[nH]3)cc2)cc1. The average Bonchev–Trinajstić information content (AvgIpc) is 4.24. The molecule has 5 aromatic rings. The van der Waals surface area contributed by atoms with Gasteiger partial charge in [-0.3, -0.25) is 24.0 Å². The van der Waals surface area contributed by atoms with Crippen LogP contribution >= 0.6 is 0 Å². The van der Waals surface area contributed by atoms with E-state index in [0.29, 0.717) is 25.2 Å². The van der Waals surface area contributed by atoms with Crippen LogP contribution in [0, 0.1) is 11.8 Å².